The Bertz CT molecular complexity index is 516. The second-order valence-electron chi connectivity index (χ2n) is 14.1. The number of esters is 1. The van der Waals surface area contributed by atoms with Crippen molar-refractivity contribution in [3.63, 3.8) is 0 Å². The molecule has 0 N–H and O–H groups in total. The van der Waals surface area contributed by atoms with E-state index >= 15 is 0 Å². The lowest BCUT2D eigenvalue weighted by molar-refractivity contribution is -0.145. The predicted molar refractivity (Wildman–Crippen MR) is 193 cm³/mol. The largest absolute Gasteiger partial charge is 0.465 e. The van der Waals surface area contributed by atoms with Crippen molar-refractivity contribution in [2.45, 2.75) is 245 Å². The molecule has 0 heterocycles. The van der Waals surface area contributed by atoms with Crippen molar-refractivity contribution in [1.29, 1.82) is 0 Å². The van der Waals surface area contributed by atoms with E-state index in [1.54, 1.807) is 0 Å². The van der Waals surface area contributed by atoms with Gasteiger partial charge in [0.05, 0.1) is 6.61 Å². The molecule has 0 aliphatic rings. The van der Waals surface area contributed by atoms with Crippen LogP contribution in [0.2, 0.25) is 0 Å². The minimum atomic E-state index is 0.0583. The van der Waals surface area contributed by atoms with Crippen LogP contribution in [0.3, 0.4) is 0 Å². The molecular formula is C41H82O2. The van der Waals surface area contributed by atoms with Crippen molar-refractivity contribution >= 4 is 5.97 Å². The van der Waals surface area contributed by atoms with Crippen molar-refractivity contribution in [2.75, 3.05) is 6.61 Å². The number of rotatable bonds is 37. The molecule has 0 fully saturated rings. The van der Waals surface area contributed by atoms with Gasteiger partial charge in [0.15, 0.2) is 0 Å². The monoisotopic (exact) mass is 607 g/mol. The molecule has 0 rings (SSSR count). The third-order valence-corrected chi connectivity index (χ3v) is 9.65. The summed E-state index contributed by atoms with van der Waals surface area (Å²) in [4.78, 5) is 12.5. The highest BCUT2D eigenvalue weighted by atomic mass is 16.5. The van der Waals surface area contributed by atoms with Crippen LogP contribution < -0.4 is 0 Å². The molecule has 0 aromatic heterocycles. The van der Waals surface area contributed by atoms with E-state index in [0.717, 1.165) is 6.42 Å². The van der Waals surface area contributed by atoms with Crippen LogP contribution in [0.4, 0.5) is 0 Å². The van der Waals surface area contributed by atoms with Crippen LogP contribution in [-0.2, 0) is 9.53 Å². The fourth-order valence-corrected chi connectivity index (χ4v) is 6.55. The Labute approximate surface area is 273 Å². The molecule has 2 heteroatoms. The van der Waals surface area contributed by atoms with Crippen LogP contribution in [0, 0.1) is 5.92 Å². The van der Waals surface area contributed by atoms with Crippen LogP contribution in [0.15, 0.2) is 0 Å². The van der Waals surface area contributed by atoms with E-state index < -0.39 is 0 Å². The first-order chi connectivity index (χ1) is 21.2. The first-order valence-corrected chi connectivity index (χ1v) is 20.4. The second-order valence-corrected chi connectivity index (χ2v) is 14.1. The van der Waals surface area contributed by atoms with Crippen molar-refractivity contribution in [3.05, 3.63) is 0 Å². The molecule has 0 aromatic carbocycles. The minimum Gasteiger partial charge on any atom is -0.465 e. The zero-order chi connectivity index (χ0) is 31.3. The molecule has 0 aromatic rings. The van der Waals surface area contributed by atoms with Gasteiger partial charge in [0, 0.05) is 6.42 Å². The molecule has 2 nitrogen and oxygen atoms in total. The van der Waals surface area contributed by atoms with E-state index in [1.807, 2.05) is 0 Å². The van der Waals surface area contributed by atoms with Crippen LogP contribution in [-0.4, -0.2) is 12.6 Å². The minimum absolute atomic E-state index is 0.0583. The Kier molecular flexibility index (Phi) is 37.2. The van der Waals surface area contributed by atoms with Crippen LogP contribution >= 0.6 is 0 Å². The van der Waals surface area contributed by atoms with Gasteiger partial charge in [-0.1, -0.05) is 220 Å². The van der Waals surface area contributed by atoms with E-state index in [9.17, 15) is 4.79 Å². The molecule has 0 spiro atoms. The summed E-state index contributed by atoms with van der Waals surface area (Å²) in [5.41, 5.74) is 0. The SMILES string of the molecule is CCCCCCCCCCCCCCCCC(=O)OCC(CCCCCCCCCC)CCCCCCCCCCCC. The van der Waals surface area contributed by atoms with Gasteiger partial charge in [-0.15, -0.1) is 0 Å². The molecule has 0 amide bonds. The molecule has 43 heavy (non-hydrogen) atoms. The van der Waals surface area contributed by atoms with Gasteiger partial charge in [-0.05, 0) is 25.2 Å². The highest BCUT2D eigenvalue weighted by Crippen LogP contribution is 2.21. The summed E-state index contributed by atoms with van der Waals surface area (Å²) in [6, 6.07) is 0. The Balaban J connectivity index is 3.92. The van der Waals surface area contributed by atoms with Gasteiger partial charge in [-0.25, -0.2) is 0 Å². The fraction of sp³-hybridized carbons (Fsp3) is 0.976. The van der Waals surface area contributed by atoms with Gasteiger partial charge in [-0.3, -0.25) is 4.79 Å². The molecule has 0 aliphatic carbocycles. The van der Waals surface area contributed by atoms with E-state index in [2.05, 4.69) is 20.8 Å². The first-order valence-electron chi connectivity index (χ1n) is 20.4. The number of carbonyl (C=O) groups excluding carboxylic acids is 1. The van der Waals surface area contributed by atoms with Gasteiger partial charge < -0.3 is 4.74 Å². The zero-order valence-corrected chi connectivity index (χ0v) is 30.3. The Hall–Kier alpha value is -0.530. The summed E-state index contributed by atoms with van der Waals surface area (Å²) in [6.45, 7) is 7.55. The standard InChI is InChI=1S/C41H82O2/c1-4-7-10-13-16-19-21-22-23-24-26-29-32-35-38-41(42)43-39-40(36-33-30-27-18-15-12-9-6-3)37-34-31-28-25-20-17-14-11-8-5-2/h40H,4-39H2,1-3H3. The lowest BCUT2D eigenvalue weighted by atomic mass is 9.94. The van der Waals surface area contributed by atoms with Crippen molar-refractivity contribution in [1.82, 2.24) is 0 Å². The quantitative estimate of drug-likeness (QED) is 0.0519. The second kappa shape index (κ2) is 37.7. The molecule has 0 saturated carbocycles. The highest BCUT2D eigenvalue weighted by Gasteiger charge is 2.12. The lowest BCUT2D eigenvalue weighted by Crippen LogP contribution is -2.14. The molecule has 1 unspecified atom stereocenters. The van der Waals surface area contributed by atoms with Gasteiger partial charge in [0.25, 0.3) is 0 Å². The molecule has 1 atom stereocenters. The normalized spacial score (nSPS) is 12.2. The summed E-state index contributed by atoms with van der Waals surface area (Å²) in [7, 11) is 0. The summed E-state index contributed by atoms with van der Waals surface area (Å²) in [6.07, 6.45) is 47.0. The molecule has 0 saturated heterocycles. The number of ether oxygens (including phenoxy) is 1. The van der Waals surface area contributed by atoms with E-state index in [0.29, 0.717) is 18.9 Å². The Morgan fingerprint density at radius 3 is 0.930 bits per heavy atom. The summed E-state index contributed by atoms with van der Waals surface area (Å²) in [5, 5.41) is 0. The first kappa shape index (κ1) is 42.5. The van der Waals surface area contributed by atoms with Gasteiger partial charge in [0.1, 0.15) is 0 Å². The maximum atomic E-state index is 12.5. The van der Waals surface area contributed by atoms with E-state index in [-0.39, 0.29) is 5.97 Å². The fourth-order valence-electron chi connectivity index (χ4n) is 6.55. The third-order valence-electron chi connectivity index (χ3n) is 9.65. The van der Waals surface area contributed by atoms with Crippen molar-refractivity contribution in [2.24, 2.45) is 5.92 Å². The molecular weight excluding hydrogens is 524 g/mol. The van der Waals surface area contributed by atoms with Gasteiger partial charge in [-0.2, -0.15) is 0 Å². The molecule has 0 bridgehead atoms. The van der Waals surface area contributed by atoms with Crippen LogP contribution in [0.5, 0.6) is 0 Å². The van der Waals surface area contributed by atoms with E-state index in [1.165, 1.54) is 212 Å². The number of unbranched alkanes of at least 4 members (excludes halogenated alkanes) is 29. The number of hydrogen-bond donors (Lipinski definition) is 0. The summed E-state index contributed by atoms with van der Waals surface area (Å²) in [5.74, 6) is 0.636. The predicted octanol–water partition coefficient (Wildman–Crippen LogP) is 14.9. The lowest BCUT2D eigenvalue weighted by Gasteiger charge is -2.17. The average molecular weight is 607 g/mol. The number of hydrogen-bond acceptors (Lipinski definition) is 2. The van der Waals surface area contributed by atoms with Crippen LogP contribution in [0.25, 0.3) is 0 Å². The van der Waals surface area contributed by atoms with Crippen molar-refractivity contribution < 1.29 is 9.53 Å². The van der Waals surface area contributed by atoms with Gasteiger partial charge in [0.2, 0.25) is 0 Å². The maximum absolute atomic E-state index is 12.5. The molecule has 0 radical (unpaired) electrons. The molecule has 0 aliphatic heterocycles. The zero-order valence-electron chi connectivity index (χ0n) is 30.3. The Morgan fingerprint density at radius 2 is 0.628 bits per heavy atom. The molecule has 258 valence electrons. The Morgan fingerprint density at radius 1 is 0.372 bits per heavy atom. The van der Waals surface area contributed by atoms with Gasteiger partial charge >= 0.3 is 5.97 Å². The smallest absolute Gasteiger partial charge is 0.305 e. The summed E-state index contributed by atoms with van der Waals surface area (Å²) < 4.78 is 5.84. The summed E-state index contributed by atoms with van der Waals surface area (Å²) >= 11 is 0. The third kappa shape index (κ3) is 35.8. The average Bonchev–Trinajstić information content (AvgIpc) is 3.01. The van der Waals surface area contributed by atoms with Crippen LogP contribution in [0.1, 0.15) is 245 Å². The maximum Gasteiger partial charge on any atom is 0.305 e. The number of carbonyl (C=O) groups is 1. The van der Waals surface area contributed by atoms with Crippen molar-refractivity contribution in [3.8, 4) is 0 Å². The highest BCUT2D eigenvalue weighted by molar-refractivity contribution is 5.69. The van der Waals surface area contributed by atoms with E-state index in [4.69, 9.17) is 4.74 Å². The topological polar surface area (TPSA) is 26.3 Å².